The van der Waals surface area contributed by atoms with Crippen LogP contribution in [0.25, 0.3) is 0 Å². The van der Waals surface area contributed by atoms with Crippen LogP contribution in [0.5, 0.6) is 0 Å². The minimum atomic E-state index is -1.19. The van der Waals surface area contributed by atoms with Crippen molar-refractivity contribution in [2.45, 2.75) is 113 Å². The average molecular weight is 528 g/mol. The molecule has 5 fully saturated rings. The number of amidine groups is 1. The number of nitrogens with two attached hydrogens (primary N) is 1. The number of aliphatic imine (C=N–C) groups is 1. The van der Waals surface area contributed by atoms with Crippen molar-refractivity contribution >= 4 is 17.5 Å². The van der Waals surface area contributed by atoms with Gasteiger partial charge in [0, 0.05) is 44.2 Å². The molecule has 3 saturated carbocycles. The number of nitrogens with zero attached hydrogens (tertiary/aromatic N) is 3. The van der Waals surface area contributed by atoms with Gasteiger partial charge in [-0.1, -0.05) is 25.7 Å². The Kier molecular flexibility index (Phi) is 6.60. The van der Waals surface area contributed by atoms with Crippen molar-refractivity contribution in [2.75, 3.05) is 19.6 Å². The Morgan fingerprint density at radius 3 is 2.63 bits per heavy atom. The molecule has 7 aliphatic rings. The first-order valence-electron chi connectivity index (χ1n) is 15.1. The minimum absolute atomic E-state index is 0.00295. The maximum atomic E-state index is 16.1. The number of halogens is 1. The number of rotatable bonds is 2. The van der Waals surface area contributed by atoms with Gasteiger partial charge in [-0.25, -0.2) is 4.39 Å². The third-order valence-electron chi connectivity index (χ3n) is 10.8. The van der Waals surface area contributed by atoms with Gasteiger partial charge in [-0.3, -0.25) is 19.5 Å². The van der Waals surface area contributed by atoms with Crippen LogP contribution in [0.15, 0.2) is 16.8 Å². The third kappa shape index (κ3) is 4.24. The first-order chi connectivity index (χ1) is 18.5. The molecule has 10 atom stereocenters. The van der Waals surface area contributed by atoms with Crippen molar-refractivity contribution in [3.63, 3.8) is 0 Å². The van der Waals surface area contributed by atoms with Gasteiger partial charge < -0.3 is 20.7 Å². The Morgan fingerprint density at radius 2 is 1.89 bits per heavy atom. The minimum Gasteiger partial charge on any atom is -0.369 e. The number of hydrogen-bond donors (Lipinski definition) is 2. The van der Waals surface area contributed by atoms with Gasteiger partial charge in [0.1, 0.15) is 12.0 Å². The van der Waals surface area contributed by atoms with Crippen LogP contribution < -0.4 is 11.1 Å². The van der Waals surface area contributed by atoms with E-state index in [0.717, 1.165) is 45.1 Å². The molecule has 38 heavy (non-hydrogen) atoms. The zero-order valence-corrected chi connectivity index (χ0v) is 22.3. The van der Waals surface area contributed by atoms with Crippen molar-refractivity contribution in [1.29, 1.82) is 0 Å². The number of amides is 1. The zero-order valence-electron chi connectivity index (χ0n) is 22.3. The highest BCUT2D eigenvalue weighted by atomic mass is 19.1. The lowest BCUT2D eigenvalue weighted by atomic mass is 9.64. The third-order valence-corrected chi connectivity index (χ3v) is 10.8. The Bertz CT molecular complexity index is 1030. The second kappa shape index (κ2) is 9.97. The molecular formula is C29H42FN5O3. The van der Waals surface area contributed by atoms with Crippen molar-refractivity contribution in [1.82, 2.24) is 15.1 Å². The molecule has 1 amide bonds. The molecule has 2 saturated heterocycles. The fraction of sp³-hybridized carbons (Fsp3) is 0.828. The monoisotopic (exact) mass is 527 g/mol. The lowest BCUT2D eigenvalue weighted by Crippen LogP contribution is -2.73. The summed E-state index contributed by atoms with van der Waals surface area (Å²) in [7, 11) is 0. The van der Waals surface area contributed by atoms with E-state index < -0.39 is 24.2 Å². The van der Waals surface area contributed by atoms with Gasteiger partial charge in [-0.05, 0) is 50.4 Å². The van der Waals surface area contributed by atoms with Crippen molar-refractivity contribution in [3.8, 4) is 0 Å². The van der Waals surface area contributed by atoms with E-state index in [0.29, 0.717) is 30.8 Å². The van der Waals surface area contributed by atoms with Crippen molar-refractivity contribution in [2.24, 2.45) is 28.5 Å². The SMILES string of the molecule is NC1CCN(C2C(F)CC3C(=O)C(C(=O)NC4=NCCCC4)=CN4C5CC6CCCCC6CC5OC2C34)C1. The molecule has 0 aromatic carbocycles. The average Bonchev–Trinajstić information content (AvgIpc) is 3.35. The number of morpholine rings is 1. The standard InChI is InChI=1S/C29H42FN5O3/c30-21-13-19-25-28(26(21)34-10-8-18(31)14-34)38-23-12-17-6-2-1-5-16(17)11-22(23)35(25)15-20(27(19)36)29(37)33-24-7-3-4-9-32-24/h15-19,21-23,25-26,28H,1-14,31H2,(H,32,33,37). The van der Waals surface area contributed by atoms with Crippen LogP contribution in [0.2, 0.25) is 0 Å². The summed E-state index contributed by atoms with van der Waals surface area (Å²) in [6, 6.07) is -0.457. The summed E-state index contributed by atoms with van der Waals surface area (Å²) in [6.45, 7) is 2.14. The van der Waals surface area contributed by atoms with E-state index >= 15 is 4.39 Å². The van der Waals surface area contributed by atoms with Gasteiger partial charge in [-0.15, -0.1) is 0 Å². The summed E-state index contributed by atoms with van der Waals surface area (Å²) < 4.78 is 23.0. The van der Waals surface area contributed by atoms with Crippen LogP contribution in [-0.2, 0) is 14.3 Å². The van der Waals surface area contributed by atoms with Gasteiger partial charge >= 0.3 is 0 Å². The molecule has 0 radical (unpaired) electrons. The van der Waals surface area contributed by atoms with Crippen LogP contribution in [-0.4, -0.2) is 89.5 Å². The molecule has 8 nitrogen and oxygen atoms in total. The quantitative estimate of drug-likeness (QED) is 0.535. The molecular weight excluding hydrogens is 485 g/mol. The largest absolute Gasteiger partial charge is 0.369 e. The fourth-order valence-electron chi connectivity index (χ4n) is 8.95. The molecule has 9 heteroatoms. The highest BCUT2D eigenvalue weighted by molar-refractivity contribution is 6.23. The molecule has 0 spiro atoms. The first kappa shape index (κ1) is 25.1. The van der Waals surface area contributed by atoms with Gasteiger partial charge in [0.15, 0.2) is 5.78 Å². The smallest absolute Gasteiger partial charge is 0.261 e. The van der Waals surface area contributed by atoms with Crippen LogP contribution in [0.4, 0.5) is 4.39 Å². The molecule has 0 bridgehead atoms. The predicted octanol–water partition coefficient (Wildman–Crippen LogP) is 2.32. The fourth-order valence-corrected chi connectivity index (χ4v) is 8.95. The summed E-state index contributed by atoms with van der Waals surface area (Å²) in [6.07, 6.45) is 11.0. The molecule has 3 aliphatic carbocycles. The van der Waals surface area contributed by atoms with E-state index in [1.807, 2.05) is 6.20 Å². The Balaban J connectivity index is 1.24. The summed E-state index contributed by atoms with van der Waals surface area (Å²) in [4.78, 5) is 36.2. The van der Waals surface area contributed by atoms with Gasteiger partial charge in [0.2, 0.25) is 0 Å². The lowest BCUT2D eigenvalue weighted by molar-refractivity contribution is -0.219. The Labute approximate surface area is 224 Å². The highest BCUT2D eigenvalue weighted by Gasteiger charge is 2.60. The van der Waals surface area contributed by atoms with E-state index in [1.54, 1.807) is 0 Å². The van der Waals surface area contributed by atoms with Crippen LogP contribution in [0.3, 0.4) is 0 Å². The van der Waals surface area contributed by atoms with E-state index in [2.05, 4.69) is 20.1 Å². The topological polar surface area (TPSA) is 100 Å². The number of nitrogens with one attached hydrogen (secondary N) is 1. The Morgan fingerprint density at radius 1 is 1.08 bits per heavy atom. The molecule has 4 aliphatic heterocycles. The Hall–Kier alpha value is -1.84. The predicted molar refractivity (Wildman–Crippen MR) is 141 cm³/mol. The van der Waals surface area contributed by atoms with Gasteiger partial charge in [-0.2, -0.15) is 0 Å². The number of likely N-dealkylation sites (tertiary alicyclic amines) is 1. The van der Waals surface area contributed by atoms with Crippen LogP contribution in [0, 0.1) is 17.8 Å². The number of ether oxygens (including phenoxy) is 1. The van der Waals surface area contributed by atoms with Gasteiger partial charge in [0.05, 0.1) is 35.9 Å². The molecule has 4 heterocycles. The zero-order chi connectivity index (χ0) is 26.0. The molecule has 3 N–H and O–H groups in total. The number of ketones is 1. The number of carbonyl (C=O) groups excluding carboxylic acids is 2. The van der Waals surface area contributed by atoms with Crippen molar-refractivity contribution in [3.05, 3.63) is 11.8 Å². The van der Waals surface area contributed by atoms with E-state index in [9.17, 15) is 9.59 Å². The molecule has 208 valence electrons. The summed E-state index contributed by atoms with van der Waals surface area (Å²) >= 11 is 0. The second-order valence-corrected chi connectivity index (χ2v) is 13.0. The lowest BCUT2D eigenvalue weighted by Gasteiger charge is -2.61. The number of fused-ring (bicyclic) bond motifs is 3. The number of Topliss-reactive ketones (excluding diaryl/α,β-unsaturated/α-hetero) is 1. The van der Waals surface area contributed by atoms with E-state index in [1.165, 1.54) is 25.7 Å². The van der Waals surface area contributed by atoms with Crippen molar-refractivity contribution < 1.29 is 18.7 Å². The maximum absolute atomic E-state index is 16.1. The normalized spacial score (nSPS) is 44.9. The van der Waals surface area contributed by atoms with Crippen LogP contribution >= 0.6 is 0 Å². The summed E-state index contributed by atoms with van der Waals surface area (Å²) in [5.41, 5.74) is 6.40. The highest BCUT2D eigenvalue weighted by Crippen LogP contribution is 2.50. The summed E-state index contributed by atoms with van der Waals surface area (Å²) in [5, 5.41) is 2.92. The van der Waals surface area contributed by atoms with Gasteiger partial charge in [0.25, 0.3) is 5.91 Å². The van der Waals surface area contributed by atoms with Crippen LogP contribution in [0.1, 0.15) is 70.6 Å². The van der Waals surface area contributed by atoms with E-state index in [-0.39, 0.29) is 47.9 Å². The second-order valence-electron chi connectivity index (χ2n) is 13.0. The number of hydrogen-bond acceptors (Lipinski definition) is 7. The molecule has 0 aromatic heterocycles. The molecule has 10 unspecified atom stereocenters. The molecule has 7 rings (SSSR count). The summed E-state index contributed by atoms with van der Waals surface area (Å²) in [5.74, 6) is 0.777. The number of alkyl halides is 1. The molecule has 0 aromatic rings. The first-order valence-corrected chi connectivity index (χ1v) is 15.1. The maximum Gasteiger partial charge on any atom is 0.261 e. The number of carbonyl (C=O) groups is 2. The van der Waals surface area contributed by atoms with E-state index in [4.69, 9.17) is 10.5 Å².